The Morgan fingerprint density at radius 1 is 1.00 bits per heavy atom. The standard InChI is InChI=1S/C18H34N2O/c1-16(13-21-2)20-15-17(9-5-3-6-10-17)19-14-18(20)11-7-4-8-12-18/h16,19H,3-15H2,1-2H3. The quantitative estimate of drug-likeness (QED) is 0.864. The van der Waals surface area contributed by atoms with E-state index in [1.807, 2.05) is 7.11 Å². The Balaban J connectivity index is 1.78. The molecule has 2 aliphatic carbocycles. The summed E-state index contributed by atoms with van der Waals surface area (Å²) in [6, 6.07) is 0.550. The van der Waals surface area contributed by atoms with Crippen LogP contribution >= 0.6 is 0 Å². The number of piperazine rings is 1. The summed E-state index contributed by atoms with van der Waals surface area (Å²) in [5.74, 6) is 0. The number of rotatable bonds is 3. The van der Waals surface area contributed by atoms with Crippen molar-refractivity contribution in [2.24, 2.45) is 0 Å². The van der Waals surface area contributed by atoms with Gasteiger partial charge in [0.2, 0.25) is 0 Å². The summed E-state index contributed by atoms with van der Waals surface area (Å²) in [4.78, 5) is 2.86. The third-order valence-corrected chi connectivity index (χ3v) is 6.41. The Labute approximate surface area is 130 Å². The predicted molar refractivity (Wildman–Crippen MR) is 87.7 cm³/mol. The second-order valence-corrected chi connectivity index (χ2v) is 7.91. The average molecular weight is 294 g/mol. The first-order valence-electron chi connectivity index (χ1n) is 9.21. The van der Waals surface area contributed by atoms with Crippen LogP contribution in [0.4, 0.5) is 0 Å². The molecule has 1 aliphatic heterocycles. The lowest BCUT2D eigenvalue weighted by Crippen LogP contribution is -2.72. The zero-order chi connectivity index (χ0) is 14.8. The van der Waals surface area contributed by atoms with Crippen molar-refractivity contribution in [1.29, 1.82) is 0 Å². The van der Waals surface area contributed by atoms with Gasteiger partial charge in [0.05, 0.1) is 6.61 Å². The van der Waals surface area contributed by atoms with Crippen LogP contribution in [-0.4, -0.2) is 48.8 Å². The second kappa shape index (κ2) is 6.55. The van der Waals surface area contributed by atoms with Crippen LogP contribution in [-0.2, 0) is 4.74 Å². The fourth-order valence-corrected chi connectivity index (χ4v) is 5.20. The van der Waals surface area contributed by atoms with Gasteiger partial charge in [0.1, 0.15) is 0 Å². The van der Waals surface area contributed by atoms with Gasteiger partial charge in [-0.2, -0.15) is 0 Å². The summed E-state index contributed by atoms with van der Waals surface area (Å²) >= 11 is 0. The number of hydrogen-bond donors (Lipinski definition) is 1. The molecule has 2 spiro atoms. The van der Waals surface area contributed by atoms with Gasteiger partial charge >= 0.3 is 0 Å². The second-order valence-electron chi connectivity index (χ2n) is 7.91. The normalized spacial score (nSPS) is 30.6. The van der Waals surface area contributed by atoms with E-state index in [1.54, 1.807) is 0 Å². The highest BCUT2D eigenvalue weighted by Gasteiger charge is 2.49. The predicted octanol–water partition coefficient (Wildman–Crippen LogP) is 3.33. The van der Waals surface area contributed by atoms with Crippen molar-refractivity contribution >= 4 is 0 Å². The van der Waals surface area contributed by atoms with Crippen LogP contribution in [0.25, 0.3) is 0 Å². The molecule has 0 aromatic carbocycles. The van der Waals surface area contributed by atoms with E-state index in [0.717, 1.165) is 6.61 Å². The van der Waals surface area contributed by atoms with E-state index in [2.05, 4.69) is 17.1 Å². The summed E-state index contributed by atoms with van der Waals surface area (Å²) in [6.07, 6.45) is 14.0. The molecule has 0 amide bonds. The highest BCUT2D eigenvalue weighted by molar-refractivity contribution is 5.08. The molecule has 122 valence electrons. The molecule has 3 fully saturated rings. The third kappa shape index (κ3) is 3.16. The average Bonchev–Trinajstić information content (AvgIpc) is 2.52. The van der Waals surface area contributed by atoms with Crippen molar-refractivity contribution in [2.75, 3.05) is 26.8 Å². The molecule has 1 atom stereocenters. The van der Waals surface area contributed by atoms with E-state index in [4.69, 9.17) is 4.74 Å². The van der Waals surface area contributed by atoms with Crippen LogP contribution in [0.5, 0.6) is 0 Å². The molecule has 21 heavy (non-hydrogen) atoms. The Hall–Kier alpha value is -0.120. The van der Waals surface area contributed by atoms with Crippen molar-refractivity contribution < 1.29 is 4.74 Å². The van der Waals surface area contributed by atoms with Gasteiger partial charge < -0.3 is 10.1 Å². The maximum Gasteiger partial charge on any atom is 0.0615 e. The van der Waals surface area contributed by atoms with Crippen LogP contribution < -0.4 is 5.32 Å². The van der Waals surface area contributed by atoms with E-state index in [0.29, 0.717) is 17.1 Å². The molecule has 0 aromatic rings. The van der Waals surface area contributed by atoms with E-state index in [1.165, 1.54) is 77.3 Å². The Morgan fingerprint density at radius 2 is 1.62 bits per heavy atom. The first-order valence-corrected chi connectivity index (χ1v) is 9.21. The number of nitrogens with zero attached hydrogens (tertiary/aromatic N) is 1. The summed E-state index contributed by atoms with van der Waals surface area (Å²) < 4.78 is 5.50. The fourth-order valence-electron chi connectivity index (χ4n) is 5.20. The van der Waals surface area contributed by atoms with Crippen molar-refractivity contribution in [3.05, 3.63) is 0 Å². The van der Waals surface area contributed by atoms with Crippen molar-refractivity contribution in [1.82, 2.24) is 10.2 Å². The number of hydrogen-bond acceptors (Lipinski definition) is 3. The van der Waals surface area contributed by atoms with Crippen LogP contribution in [0.2, 0.25) is 0 Å². The SMILES string of the molecule is COCC(C)N1CC2(CCCCC2)NCC12CCCCC2. The zero-order valence-electron chi connectivity index (χ0n) is 14.1. The van der Waals surface area contributed by atoms with Crippen LogP contribution in [0.15, 0.2) is 0 Å². The van der Waals surface area contributed by atoms with Gasteiger partial charge in [-0.1, -0.05) is 38.5 Å². The summed E-state index contributed by atoms with van der Waals surface area (Å²) in [7, 11) is 1.85. The molecule has 3 heteroatoms. The molecule has 1 saturated heterocycles. The molecule has 1 N–H and O–H groups in total. The molecule has 0 aromatic heterocycles. The lowest BCUT2D eigenvalue weighted by Gasteiger charge is -2.59. The van der Waals surface area contributed by atoms with E-state index < -0.39 is 0 Å². The summed E-state index contributed by atoms with van der Waals surface area (Å²) in [5.41, 5.74) is 0.821. The van der Waals surface area contributed by atoms with Gasteiger partial charge in [0, 0.05) is 37.3 Å². The lowest BCUT2D eigenvalue weighted by molar-refractivity contribution is -0.0671. The summed E-state index contributed by atoms with van der Waals surface area (Å²) in [6.45, 7) is 5.71. The van der Waals surface area contributed by atoms with Crippen molar-refractivity contribution in [3.8, 4) is 0 Å². The maximum atomic E-state index is 5.50. The number of methoxy groups -OCH3 is 1. The lowest BCUT2D eigenvalue weighted by atomic mass is 9.72. The molecule has 2 saturated carbocycles. The molecule has 0 bridgehead atoms. The Kier molecular flexibility index (Phi) is 4.92. The Morgan fingerprint density at radius 3 is 2.24 bits per heavy atom. The molecule has 3 aliphatic rings. The molecular weight excluding hydrogens is 260 g/mol. The van der Waals surface area contributed by atoms with Gasteiger partial charge in [-0.3, -0.25) is 4.90 Å². The topological polar surface area (TPSA) is 24.5 Å². The van der Waals surface area contributed by atoms with Gasteiger partial charge in [-0.15, -0.1) is 0 Å². The van der Waals surface area contributed by atoms with Crippen LogP contribution in [0.1, 0.15) is 71.1 Å². The number of nitrogens with one attached hydrogen (secondary N) is 1. The van der Waals surface area contributed by atoms with Crippen molar-refractivity contribution in [2.45, 2.75) is 88.3 Å². The molecular formula is C18H34N2O. The Bertz CT molecular complexity index is 332. The fraction of sp³-hybridized carbons (Fsp3) is 1.00. The van der Waals surface area contributed by atoms with E-state index >= 15 is 0 Å². The molecule has 1 unspecified atom stereocenters. The number of ether oxygens (including phenoxy) is 1. The molecule has 0 radical (unpaired) electrons. The molecule has 1 heterocycles. The smallest absolute Gasteiger partial charge is 0.0615 e. The van der Waals surface area contributed by atoms with Gasteiger partial charge in [-0.05, 0) is 32.6 Å². The van der Waals surface area contributed by atoms with Gasteiger partial charge in [0.25, 0.3) is 0 Å². The highest BCUT2D eigenvalue weighted by Crippen LogP contribution is 2.41. The van der Waals surface area contributed by atoms with Gasteiger partial charge in [0.15, 0.2) is 0 Å². The minimum absolute atomic E-state index is 0.406. The van der Waals surface area contributed by atoms with E-state index in [9.17, 15) is 0 Å². The molecule has 3 rings (SSSR count). The highest BCUT2D eigenvalue weighted by atomic mass is 16.5. The third-order valence-electron chi connectivity index (χ3n) is 6.41. The monoisotopic (exact) mass is 294 g/mol. The van der Waals surface area contributed by atoms with Crippen LogP contribution in [0.3, 0.4) is 0 Å². The maximum absolute atomic E-state index is 5.50. The van der Waals surface area contributed by atoms with Gasteiger partial charge in [-0.25, -0.2) is 0 Å². The van der Waals surface area contributed by atoms with Crippen molar-refractivity contribution in [3.63, 3.8) is 0 Å². The summed E-state index contributed by atoms with van der Waals surface area (Å²) in [5, 5.41) is 4.04. The minimum atomic E-state index is 0.406. The zero-order valence-corrected chi connectivity index (χ0v) is 14.1. The van der Waals surface area contributed by atoms with Crippen LogP contribution in [0, 0.1) is 0 Å². The first-order chi connectivity index (χ1) is 10.2. The first kappa shape index (κ1) is 15.8. The van der Waals surface area contributed by atoms with E-state index in [-0.39, 0.29) is 0 Å². The minimum Gasteiger partial charge on any atom is -0.383 e. The largest absolute Gasteiger partial charge is 0.383 e. The molecule has 3 nitrogen and oxygen atoms in total.